The van der Waals surface area contributed by atoms with Crippen LogP contribution in [0, 0.1) is 0 Å². The van der Waals surface area contributed by atoms with Crippen LogP contribution in [0.15, 0.2) is 18.2 Å². The number of hydrogen-bond donors (Lipinski definition) is 2. The lowest BCUT2D eigenvalue weighted by atomic mass is 10.0. The van der Waals surface area contributed by atoms with E-state index in [1.54, 1.807) is 0 Å². The molecule has 1 amide bonds. The fourth-order valence-electron chi connectivity index (χ4n) is 4.56. The highest BCUT2D eigenvalue weighted by Gasteiger charge is 2.36. The molecule has 3 aliphatic rings. The van der Waals surface area contributed by atoms with E-state index in [2.05, 4.69) is 45.6 Å². The van der Waals surface area contributed by atoms with Crippen LogP contribution >= 0.6 is 0 Å². The van der Waals surface area contributed by atoms with Crippen LogP contribution in [0.2, 0.25) is 0 Å². The molecule has 0 unspecified atom stereocenters. The third-order valence-electron chi connectivity index (χ3n) is 5.86. The van der Waals surface area contributed by atoms with Crippen molar-refractivity contribution in [2.45, 2.75) is 64.4 Å². The lowest BCUT2D eigenvalue weighted by molar-refractivity contribution is 0.0509. The molecule has 1 aromatic carbocycles. The summed E-state index contributed by atoms with van der Waals surface area (Å²) in [4.78, 5) is 17.0. The van der Waals surface area contributed by atoms with Crippen LogP contribution in [-0.4, -0.2) is 54.9 Å². The molecule has 4 rings (SSSR count). The van der Waals surface area contributed by atoms with Crippen molar-refractivity contribution in [2.24, 2.45) is 0 Å². The second kappa shape index (κ2) is 6.99. The van der Waals surface area contributed by atoms with E-state index >= 15 is 0 Å². The Hall–Kier alpha value is -1.79. The van der Waals surface area contributed by atoms with Gasteiger partial charge in [0.1, 0.15) is 5.60 Å². The summed E-state index contributed by atoms with van der Waals surface area (Å²) in [6, 6.07) is 8.15. The number of amides is 1. The molecule has 0 radical (unpaired) electrons. The molecule has 0 bridgehead atoms. The van der Waals surface area contributed by atoms with Crippen molar-refractivity contribution >= 4 is 11.8 Å². The number of rotatable bonds is 2. The van der Waals surface area contributed by atoms with Gasteiger partial charge >= 0.3 is 6.09 Å². The summed E-state index contributed by atoms with van der Waals surface area (Å²) < 4.78 is 5.39. The zero-order chi connectivity index (χ0) is 19.2. The van der Waals surface area contributed by atoms with E-state index in [4.69, 9.17) is 4.74 Å². The molecule has 148 valence electrons. The van der Waals surface area contributed by atoms with Crippen LogP contribution in [0.5, 0.6) is 0 Å². The van der Waals surface area contributed by atoms with Gasteiger partial charge in [0.2, 0.25) is 0 Å². The third-order valence-corrected chi connectivity index (χ3v) is 5.86. The first-order chi connectivity index (χ1) is 12.8. The number of anilines is 1. The van der Waals surface area contributed by atoms with Crippen molar-refractivity contribution < 1.29 is 9.53 Å². The molecule has 27 heavy (non-hydrogen) atoms. The Morgan fingerprint density at radius 3 is 2.89 bits per heavy atom. The molecular formula is C21H32N4O2. The Bertz CT molecular complexity index is 715. The van der Waals surface area contributed by atoms with Gasteiger partial charge in [0.15, 0.2) is 0 Å². The Balaban J connectivity index is 1.40. The van der Waals surface area contributed by atoms with E-state index in [9.17, 15) is 4.79 Å². The summed E-state index contributed by atoms with van der Waals surface area (Å²) >= 11 is 0. The first-order valence-electron chi connectivity index (χ1n) is 10.1. The fourth-order valence-corrected chi connectivity index (χ4v) is 4.56. The molecule has 0 saturated carbocycles. The zero-order valence-electron chi connectivity index (χ0n) is 16.9. The number of nitrogens with zero attached hydrogens (tertiary/aromatic N) is 2. The molecule has 1 aromatic rings. The van der Waals surface area contributed by atoms with Crippen LogP contribution in [0.3, 0.4) is 0 Å². The number of carbonyl (C=O) groups excluding carboxylic acids is 1. The predicted molar refractivity (Wildman–Crippen MR) is 107 cm³/mol. The Morgan fingerprint density at radius 2 is 2.11 bits per heavy atom. The summed E-state index contributed by atoms with van der Waals surface area (Å²) in [5.41, 5.74) is 3.74. The van der Waals surface area contributed by atoms with Crippen LogP contribution in [0.1, 0.15) is 51.3 Å². The molecule has 0 aromatic heterocycles. The summed E-state index contributed by atoms with van der Waals surface area (Å²) in [5.74, 6) is 0. The molecule has 2 N–H and O–H groups in total. The molecule has 6 nitrogen and oxygen atoms in total. The standard InChI is InChI=1S/C21H32N4O2/c1-14-10-22-11-19-18-6-5-17(9-15(18)12-25(14)19)24-8-7-16(13-24)23-20(26)27-21(2,3)4/h5-6,9,14,16,19,22H,7-8,10-13H2,1-4H3,(H,23,26)/t14-,16+,19-/m1/s1. The minimum Gasteiger partial charge on any atom is -0.444 e. The van der Waals surface area contributed by atoms with Gasteiger partial charge < -0.3 is 20.3 Å². The van der Waals surface area contributed by atoms with E-state index in [0.29, 0.717) is 12.1 Å². The van der Waals surface area contributed by atoms with Crippen LogP contribution in [0.4, 0.5) is 10.5 Å². The van der Waals surface area contributed by atoms with Crippen molar-refractivity contribution in [1.29, 1.82) is 0 Å². The summed E-state index contributed by atoms with van der Waals surface area (Å²) in [7, 11) is 0. The molecule has 2 fully saturated rings. The molecular weight excluding hydrogens is 340 g/mol. The van der Waals surface area contributed by atoms with Gasteiger partial charge in [-0.1, -0.05) is 6.07 Å². The van der Waals surface area contributed by atoms with Gasteiger partial charge in [-0.05, 0) is 57.4 Å². The lowest BCUT2D eigenvalue weighted by Gasteiger charge is -2.36. The predicted octanol–water partition coefficient (Wildman–Crippen LogP) is 2.64. The number of piperazine rings is 1. The van der Waals surface area contributed by atoms with Gasteiger partial charge in [-0.25, -0.2) is 4.79 Å². The monoisotopic (exact) mass is 372 g/mol. The van der Waals surface area contributed by atoms with E-state index in [1.807, 2.05) is 20.8 Å². The minimum absolute atomic E-state index is 0.142. The maximum Gasteiger partial charge on any atom is 0.407 e. The highest BCUT2D eigenvalue weighted by atomic mass is 16.6. The van der Waals surface area contributed by atoms with Gasteiger partial charge in [0.05, 0.1) is 6.04 Å². The summed E-state index contributed by atoms with van der Waals surface area (Å²) in [6.45, 7) is 12.9. The van der Waals surface area contributed by atoms with Crippen molar-refractivity contribution in [1.82, 2.24) is 15.5 Å². The molecule has 6 heteroatoms. The van der Waals surface area contributed by atoms with Gasteiger partial charge in [0.25, 0.3) is 0 Å². The van der Waals surface area contributed by atoms with E-state index in [0.717, 1.165) is 39.1 Å². The number of hydrogen-bond acceptors (Lipinski definition) is 5. The van der Waals surface area contributed by atoms with Crippen LogP contribution in [0.25, 0.3) is 0 Å². The number of fused-ring (bicyclic) bond motifs is 3. The van der Waals surface area contributed by atoms with Gasteiger partial charge in [0, 0.05) is 50.5 Å². The maximum absolute atomic E-state index is 12.0. The molecule has 3 heterocycles. The fraction of sp³-hybridized carbons (Fsp3) is 0.667. The number of ether oxygens (including phenoxy) is 1. The largest absolute Gasteiger partial charge is 0.444 e. The van der Waals surface area contributed by atoms with Gasteiger partial charge in [-0.15, -0.1) is 0 Å². The first-order valence-corrected chi connectivity index (χ1v) is 10.1. The first kappa shape index (κ1) is 18.6. The number of carbonyl (C=O) groups is 1. The van der Waals surface area contributed by atoms with E-state index in [-0.39, 0.29) is 12.1 Å². The van der Waals surface area contributed by atoms with Gasteiger partial charge in [-0.3, -0.25) is 4.90 Å². The molecule has 0 aliphatic carbocycles. The molecule has 3 aliphatic heterocycles. The average molecular weight is 373 g/mol. The Kier molecular flexibility index (Phi) is 4.80. The lowest BCUT2D eigenvalue weighted by Crippen LogP contribution is -2.48. The van der Waals surface area contributed by atoms with Gasteiger partial charge in [-0.2, -0.15) is 0 Å². The third kappa shape index (κ3) is 3.92. The topological polar surface area (TPSA) is 56.8 Å². The number of alkyl carbamates (subject to hydrolysis) is 1. The smallest absolute Gasteiger partial charge is 0.407 e. The normalized spacial score (nSPS) is 28.0. The maximum atomic E-state index is 12.0. The van der Waals surface area contributed by atoms with Crippen molar-refractivity contribution in [3.8, 4) is 0 Å². The Morgan fingerprint density at radius 1 is 1.30 bits per heavy atom. The SMILES string of the molecule is C[C@@H]1CNC[C@@H]2c3ccc(N4CC[C@H](NC(=O)OC(C)(C)C)C4)cc3CN12. The van der Waals surface area contributed by atoms with E-state index in [1.165, 1.54) is 16.8 Å². The molecule has 3 atom stereocenters. The minimum atomic E-state index is -0.458. The molecule has 2 saturated heterocycles. The summed E-state index contributed by atoms with van der Waals surface area (Å²) in [6.07, 6.45) is 0.633. The zero-order valence-corrected chi connectivity index (χ0v) is 16.9. The second-order valence-electron chi connectivity index (χ2n) is 9.16. The quantitative estimate of drug-likeness (QED) is 0.836. The number of benzene rings is 1. The van der Waals surface area contributed by atoms with Crippen molar-refractivity contribution in [3.05, 3.63) is 29.3 Å². The average Bonchev–Trinajstić information content (AvgIpc) is 3.18. The van der Waals surface area contributed by atoms with Crippen LogP contribution in [-0.2, 0) is 11.3 Å². The summed E-state index contributed by atoms with van der Waals surface area (Å²) in [5, 5.41) is 6.57. The number of nitrogens with one attached hydrogen (secondary N) is 2. The van der Waals surface area contributed by atoms with Crippen molar-refractivity contribution in [2.75, 3.05) is 31.1 Å². The van der Waals surface area contributed by atoms with Crippen LogP contribution < -0.4 is 15.5 Å². The highest BCUT2D eigenvalue weighted by Crippen LogP contribution is 2.38. The Labute approximate surface area is 162 Å². The van der Waals surface area contributed by atoms with Crippen molar-refractivity contribution in [3.63, 3.8) is 0 Å². The van der Waals surface area contributed by atoms with E-state index < -0.39 is 5.60 Å². The molecule has 0 spiro atoms. The highest BCUT2D eigenvalue weighted by molar-refractivity contribution is 5.68. The second-order valence-corrected chi connectivity index (χ2v) is 9.16.